The lowest BCUT2D eigenvalue weighted by molar-refractivity contribution is 1.32. The van der Waals surface area contributed by atoms with E-state index in [4.69, 9.17) is 0 Å². The molecule has 11 rings (SSSR count). The van der Waals surface area contributed by atoms with Crippen molar-refractivity contribution in [3.05, 3.63) is 176 Å². The van der Waals surface area contributed by atoms with Crippen LogP contribution in [0, 0.1) is 0 Å². The predicted molar refractivity (Wildman–Crippen MR) is 225 cm³/mol. The van der Waals surface area contributed by atoms with Crippen LogP contribution in [0.1, 0.15) is 0 Å². The molecule has 0 radical (unpaired) electrons. The Bertz CT molecular complexity index is 2990. The number of anilines is 3. The molecule has 0 unspecified atom stereocenters. The molecule has 11 aromatic rings. The first-order chi connectivity index (χ1) is 25.3. The second-order valence-electron chi connectivity index (χ2n) is 13.2. The number of thiophene rings is 2. The van der Waals surface area contributed by atoms with E-state index < -0.39 is 0 Å². The highest BCUT2D eigenvalue weighted by molar-refractivity contribution is 7.26. The summed E-state index contributed by atoms with van der Waals surface area (Å²) in [6, 6.07) is 64.9. The summed E-state index contributed by atoms with van der Waals surface area (Å²) in [6.45, 7) is 0. The van der Waals surface area contributed by atoms with Crippen LogP contribution in [-0.2, 0) is 0 Å². The zero-order chi connectivity index (χ0) is 33.5. The Balaban J connectivity index is 1.22. The minimum atomic E-state index is 1.13. The van der Waals surface area contributed by atoms with Crippen LogP contribution >= 0.6 is 22.7 Å². The number of hydrogen-bond acceptors (Lipinski definition) is 3. The molecule has 0 atom stereocenters. The molecule has 2 aromatic heterocycles. The second-order valence-corrected chi connectivity index (χ2v) is 15.4. The van der Waals surface area contributed by atoms with Crippen LogP contribution in [0.5, 0.6) is 0 Å². The van der Waals surface area contributed by atoms with E-state index in [1.54, 1.807) is 0 Å². The van der Waals surface area contributed by atoms with Crippen molar-refractivity contribution in [2.24, 2.45) is 0 Å². The largest absolute Gasteiger partial charge is 0.309 e. The molecule has 1 nitrogen and oxygen atoms in total. The first kappa shape index (κ1) is 28.8. The van der Waals surface area contributed by atoms with Crippen molar-refractivity contribution in [2.75, 3.05) is 4.90 Å². The van der Waals surface area contributed by atoms with E-state index in [1.165, 1.54) is 95.2 Å². The number of rotatable bonds is 4. The van der Waals surface area contributed by atoms with Crippen molar-refractivity contribution < 1.29 is 0 Å². The van der Waals surface area contributed by atoms with Gasteiger partial charge in [0.05, 0.1) is 11.4 Å². The summed E-state index contributed by atoms with van der Waals surface area (Å²) in [7, 11) is 0. The predicted octanol–water partition coefficient (Wildman–Crippen LogP) is 15.0. The van der Waals surface area contributed by atoms with Gasteiger partial charge in [0, 0.05) is 56.8 Å². The third kappa shape index (κ3) is 4.39. The van der Waals surface area contributed by atoms with Crippen molar-refractivity contribution in [1.82, 2.24) is 0 Å². The van der Waals surface area contributed by atoms with Gasteiger partial charge in [0.25, 0.3) is 0 Å². The Morgan fingerprint density at radius 2 is 0.784 bits per heavy atom. The van der Waals surface area contributed by atoms with Gasteiger partial charge in [0.2, 0.25) is 0 Å². The van der Waals surface area contributed by atoms with Crippen LogP contribution in [-0.4, -0.2) is 0 Å². The van der Waals surface area contributed by atoms with Crippen LogP contribution in [0.25, 0.3) is 83.8 Å². The lowest BCUT2D eigenvalue weighted by Crippen LogP contribution is -2.11. The SMILES string of the molecule is c1ccc2c(-c3ccc(N(c4cc5sc6ccccc6c5c5ccccc45)c4cc5sc6ccccc6c5c5ccccc45)cc3)cccc2c1. The standard InChI is InChI=1S/C48H29NS2/c1-2-14-33-30(12-1)13-11-21-34(33)31-24-26-32(27-25-31)49(41-28-45-47(37-17-5-3-15-35(37)41)39-19-7-9-22-43(39)50-45)42-29-46-48(38-18-6-4-16-36(38)42)40-20-8-10-23-44(40)51-46/h1-29H. The molecule has 0 amide bonds. The first-order valence-electron chi connectivity index (χ1n) is 17.3. The van der Waals surface area contributed by atoms with E-state index in [0.29, 0.717) is 0 Å². The van der Waals surface area contributed by atoms with Crippen molar-refractivity contribution in [1.29, 1.82) is 0 Å². The summed E-state index contributed by atoms with van der Waals surface area (Å²) in [5.74, 6) is 0. The average molecular weight is 684 g/mol. The molecule has 0 spiro atoms. The summed E-state index contributed by atoms with van der Waals surface area (Å²) in [5.41, 5.74) is 5.97. The number of hydrogen-bond donors (Lipinski definition) is 0. The molecule has 2 heterocycles. The fourth-order valence-electron chi connectivity index (χ4n) is 8.19. The van der Waals surface area contributed by atoms with Gasteiger partial charge in [-0.15, -0.1) is 22.7 Å². The van der Waals surface area contributed by atoms with E-state index >= 15 is 0 Å². The van der Waals surface area contributed by atoms with Gasteiger partial charge in [-0.25, -0.2) is 0 Å². The van der Waals surface area contributed by atoms with Gasteiger partial charge < -0.3 is 4.90 Å². The quantitative estimate of drug-likeness (QED) is 0.178. The summed E-state index contributed by atoms with van der Waals surface area (Å²) in [6.07, 6.45) is 0. The van der Waals surface area contributed by atoms with E-state index in [9.17, 15) is 0 Å². The average Bonchev–Trinajstić information content (AvgIpc) is 3.77. The van der Waals surface area contributed by atoms with E-state index in [2.05, 4.69) is 181 Å². The molecule has 51 heavy (non-hydrogen) atoms. The molecule has 0 aliphatic carbocycles. The van der Waals surface area contributed by atoms with Crippen molar-refractivity contribution in [3.8, 4) is 11.1 Å². The summed E-state index contributed by atoms with van der Waals surface area (Å²) in [5, 5.41) is 12.9. The van der Waals surface area contributed by atoms with E-state index in [0.717, 1.165) is 5.69 Å². The van der Waals surface area contributed by atoms with Crippen LogP contribution < -0.4 is 4.90 Å². The Labute approximate surface area is 302 Å². The Morgan fingerprint density at radius 1 is 0.333 bits per heavy atom. The van der Waals surface area contributed by atoms with Crippen LogP contribution in [0.2, 0.25) is 0 Å². The molecule has 0 N–H and O–H groups in total. The molecule has 0 saturated heterocycles. The minimum Gasteiger partial charge on any atom is -0.309 e. The molecule has 0 fully saturated rings. The molecular formula is C48H29NS2. The lowest BCUT2D eigenvalue weighted by atomic mass is 9.97. The molecule has 0 bridgehead atoms. The fraction of sp³-hybridized carbons (Fsp3) is 0. The van der Waals surface area contributed by atoms with Gasteiger partial charge in [0.15, 0.2) is 0 Å². The topological polar surface area (TPSA) is 3.24 Å². The van der Waals surface area contributed by atoms with Gasteiger partial charge in [0.1, 0.15) is 0 Å². The highest BCUT2D eigenvalue weighted by Gasteiger charge is 2.23. The normalized spacial score (nSPS) is 11.9. The van der Waals surface area contributed by atoms with Crippen LogP contribution in [0.4, 0.5) is 17.1 Å². The molecule has 9 aromatic carbocycles. The van der Waals surface area contributed by atoms with Gasteiger partial charge >= 0.3 is 0 Å². The third-order valence-corrected chi connectivity index (χ3v) is 12.7. The Hall–Kier alpha value is -6.00. The van der Waals surface area contributed by atoms with Gasteiger partial charge in [-0.1, -0.05) is 140 Å². The summed E-state index contributed by atoms with van der Waals surface area (Å²) < 4.78 is 5.24. The highest BCUT2D eigenvalue weighted by atomic mass is 32.1. The Kier molecular flexibility index (Phi) is 6.36. The molecule has 0 saturated carbocycles. The zero-order valence-corrected chi connectivity index (χ0v) is 29.1. The number of nitrogens with zero attached hydrogens (tertiary/aromatic N) is 1. The maximum atomic E-state index is 2.52. The lowest BCUT2D eigenvalue weighted by Gasteiger charge is -2.29. The number of benzene rings is 9. The molecule has 0 aliphatic heterocycles. The maximum Gasteiger partial charge on any atom is 0.0554 e. The smallest absolute Gasteiger partial charge is 0.0554 e. The molecule has 238 valence electrons. The molecular weight excluding hydrogens is 655 g/mol. The monoisotopic (exact) mass is 683 g/mol. The van der Waals surface area contributed by atoms with Crippen LogP contribution in [0.3, 0.4) is 0 Å². The minimum absolute atomic E-state index is 1.13. The van der Waals surface area contributed by atoms with Gasteiger partial charge in [-0.3, -0.25) is 0 Å². The van der Waals surface area contributed by atoms with Gasteiger partial charge in [-0.2, -0.15) is 0 Å². The van der Waals surface area contributed by atoms with Crippen LogP contribution in [0.15, 0.2) is 176 Å². The maximum absolute atomic E-state index is 2.52. The van der Waals surface area contributed by atoms with Crippen molar-refractivity contribution >= 4 is 112 Å². The fourth-order valence-corrected chi connectivity index (χ4v) is 10.5. The zero-order valence-electron chi connectivity index (χ0n) is 27.5. The summed E-state index contributed by atoms with van der Waals surface area (Å²) >= 11 is 3.77. The van der Waals surface area contributed by atoms with E-state index in [-0.39, 0.29) is 0 Å². The second kappa shape index (κ2) is 11.3. The molecule has 3 heteroatoms. The third-order valence-electron chi connectivity index (χ3n) is 10.4. The highest BCUT2D eigenvalue weighted by Crippen LogP contribution is 2.50. The molecule has 0 aliphatic rings. The van der Waals surface area contributed by atoms with Crippen molar-refractivity contribution in [2.45, 2.75) is 0 Å². The van der Waals surface area contributed by atoms with Crippen molar-refractivity contribution in [3.63, 3.8) is 0 Å². The number of fused-ring (bicyclic) bond motifs is 11. The Morgan fingerprint density at radius 3 is 1.35 bits per heavy atom. The van der Waals surface area contributed by atoms with E-state index in [1.807, 2.05) is 22.7 Å². The summed E-state index contributed by atoms with van der Waals surface area (Å²) in [4.78, 5) is 2.52. The van der Waals surface area contributed by atoms with Gasteiger partial charge in [-0.05, 0) is 69.1 Å². The first-order valence-corrected chi connectivity index (χ1v) is 19.0.